The van der Waals surface area contributed by atoms with Gasteiger partial charge in [0, 0.05) is 18.3 Å². The van der Waals surface area contributed by atoms with Gasteiger partial charge in [-0.3, -0.25) is 0 Å². The first-order valence-corrected chi connectivity index (χ1v) is 6.77. The summed E-state index contributed by atoms with van der Waals surface area (Å²) in [4.78, 5) is 2.29. The molecule has 0 spiro atoms. The third kappa shape index (κ3) is 3.45. The summed E-state index contributed by atoms with van der Waals surface area (Å²) in [6.45, 7) is 5.27. The van der Waals surface area contributed by atoms with Crippen molar-refractivity contribution in [3.8, 4) is 0 Å². The molecule has 1 aliphatic carbocycles. The first-order valence-electron chi connectivity index (χ1n) is 6.77. The number of rotatable bonds is 6. The Bertz CT molecular complexity index is 401. The molecule has 1 aliphatic rings. The Kier molecular flexibility index (Phi) is 4.23. The van der Waals surface area contributed by atoms with Crippen molar-refractivity contribution in [1.29, 1.82) is 0 Å². The molecule has 1 saturated carbocycles. The van der Waals surface area contributed by atoms with E-state index in [2.05, 4.69) is 18.7 Å². The molecule has 2 nitrogen and oxygen atoms in total. The normalized spacial score (nSPS) is 15.2. The van der Waals surface area contributed by atoms with Gasteiger partial charge in [0.1, 0.15) is 5.82 Å². The van der Waals surface area contributed by atoms with Crippen molar-refractivity contribution < 1.29 is 9.50 Å². The van der Waals surface area contributed by atoms with Crippen LogP contribution in [0.1, 0.15) is 38.7 Å². The van der Waals surface area contributed by atoms with Gasteiger partial charge in [-0.1, -0.05) is 13.8 Å². The van der Waals surface area contributed by atoms with Crippen LogP contribution in [-0.2, 0) is 6.61 Å². The van der Waals surface area contributed by atoms with E-state index in [1.165, 1.54) is 18.9 Å². The van der Waals surface area contributed by atoms with Crippen LogP contribution in [0, 0.1) is 11.7 Å². The Morgan fingerprint density at radius 3 is 2.61 bits per heavy atom. The van der Waals surface area contributed by atoms with E-state index in [1.54, 1.807) is 6.07 Å². The Balaban J connectivity index is 2.16. The van der Waals surface area contributed by atoms with Gasteiger partial charge in [-0.05, 0) is 48.9 Å². The second-order valence-corrected chi connectivity index (χ2v) is 5.58. The van der Waals surface area contributed by atoms with Gasteiger partial charge in [-0.15, -0.1) is 0 Å². The number of anilines is 1. The minimum atomic E-state index is -0.258. The molecule has 2 rings (SSSR count). The van der Waals surface area contributed by atoms with Crippen LogP contribution in [0.25, 0.3) is 0 Å². The molecule has 0 aliphatic heterocycles. The van der Waals surface area contributed by atoms with E-state index in [4.69, 9.17) is 5.11 Å². The lowest BCUT2D eigenvalue weighted by atomic mass is 10.1. The average Bonchev–Trinajstić information content (AvgIpc) is 3.12. The minimum Gasteiger partial charge on any atom is -0.392 e. The average molecular weight is 251 g/mol. The Hall–Kier alpha value is -1.09. The van der Waals surface area contributed by atoms with Crippen molar-refractivity contribution in [2.75, 3.05) is 11.4 Å². The van der Waals surface area contributed by atoms with Crippen LogP contribution < -0.4 is 4.90 Å². The highest BCUT2D eigenvalue weighted by atomic mass is 19.1. The zero-order chi connectivity index (χ0) is 13.1. The smallest absolute Gasteiger partial charge is 0.125 e. The number of aliphatic hydroxyl groups excluding tert-OH is 1. The van der Waals surface area contributed by atoms with E-state index < -0.39 is 0 Å². The molecule has 1 aromatic rings. The summed E-state index contributed by atoms with van der Waals surface area (Å²) in [7, 11) is 0. The molecule has 0 atom stereocenters. The summed E-state index contributed by atoms with van der Waals surface area (Å²) in [6.07, 6.45) is 3.51. The van der Waals surface area contributed by atoms with Gasteiger partial charge in [0.2, 0.25) is 0 Å². The van der Waals surface area contributed by atoms with Gasteiger partial charge in [0.25, 0.3) is 0 Å². The number of hydrogen-bond acceptors (Lipinski definition) is 2. The number of benzene rings is 1. The van der Waals surface area contributed by atoms with Crippen molar-refractivity contribution in [2.45, 2.75) is 45.8 Å². The zero-order valence-electron chi connectivity index (χ0n) is 11.2. The van der Waals surface area contributed by atoms with Crippen LogP contribution >= 0.6 is 0 Å². The number of hydrogen-bond donors (Lipinski definition) is 1. The van der Waals surface area contributed by atoms with Gasteiger partial charge >= 0.3 is 0 Å². The van der Waals surface area contributed by atoms with Crippen molar-refractivity contribution in [3.63, 3.8) is 0 Å². The highest BCUT2D eigenvalue weighted by molar-refractivity contribution is 5.51. The van der Waals surface area contributed by atoms with E-state index in [0.717, 1.165) is 18.7 Å². The molecule has 0 bridgehead atoms. The van der Waals surface area contributed by atoms with E-state index in [-0.39, 0.29) is 12.4 Å². The van der Waals surface area contributed by atoms with Crippen molar-refractivity contribution in [1.82, 2.24) is 0 Å². The molecule has 3 heteroatoms. The largest absolute Gasteiger partial charge is 0.392 e. The third-order valence-corrected chi connectivity index (χ3v) is 3.39. The van der Waals surface area contributed by atoms with Gasteiger partial charge < -0.3 is 10.0 Å². The van der Waals surface area contributed by atoms with Gasteiger partial charge in [0.05, 0.1) is 6.61 Å². The number of halogens is 1. The Morgan fingerprint density at radius 2 is 2.06 bits per heavy atom. The highest BCUT2D eigenvalue weighted by Gasteiger charge is 2.29. The molecule has 1 N–H and O–H groups in total. The SMILES string of the molecule is CC(C)CCN(c1cc(F)cc(CO)c1)C1CC1. The van der Waals surface area contributed by atoms with Crippen LogP contribution in [0.15, 0.2) is 18.2 Å². The number of nitrogens with zero attached hydrogens (tertiary/aromatic N) is 1. The topological polar surface area (TPSA) is 23.5 Å². The van der Waals surface area contributed by atoms with Crippen LogP contribution in [0.2, 0.25) is 0 Å². The standard InChI is InChI=1S/C15H22FNO/c1-11(2)5-6-17(14-3-4-14)15-8-12(10-18)7-13(16)9-15/h7-9,11,14,18H,3-6,10H2,1-2H3. The molecule has 0 heterocycles. The summed E-state index contributed by atoms with van der Waals surface area (Å²) < 4.78 is 13.5. The second-order valence-electron chi connectivity index (χ2n) is 5.58. The maximum absolute atomic E-state index is 13.5. The summed E-state index contributed by atoms with van der Waals surface area (Å²) in [5.74, 6) is 0.392. The Labute approximate surface area is 108 Å². The molecular weight excluding hydrogens is 229 g/mol. The molecular formula is C15H22FNO. The van der Waals surface area contributed by atoms with Crippen LogP contribution in [0.3, 0.4) is 0 Å². The van der Waals surface area contributed by atoms with E-state index in [0.29, 0.717) is 17.5 Å². The maximum Gasteiger partial charge on any atom is 0.125 e. The predicted octanol–water partition coefficient (Wildman–Crippen LogP) is 3.33. The van der Waals surface area contributed by atoms with E-state index in [1.807, 2.05) is 6.07 Å². The first-order chi connectivity index (χ1) is 8.60. The van der Waals surface area contributed by atoms with E-state index >= 15 is 0 Å². The van der Waals surface area contributed by atoms with Crippen molar-refractivity contribution in [3.05, 3.63) is 29.6 Å². The molecule has 0 unspecified atom stereocenters. The third-order valence-electron chi connectivity index (χ3n) is 3.39. The summed E-state index contributed by atoms with van der Waals surface area (Å²) in [5.41, 5.74) is 1.57. The van der Waals surface area contributed by atoms with E-state index in [9.17, 15) is 4.39 Å². The van der Waals surface area contributed by atoms with Gasteiger partial charge in [0.15, 0.2) is 0 Å². The lowest BCUT2D eigenvalue weighted by Crippen LogP contribution is -2.27. The molecule has 0 saturated heterocycles. The predicted molar refractivity (Wildman–Crippen MR) is 72.1 cm³/mol. The monoisotopic (exact) mass is 251 g/mol. The molecule has 0 amide bonds. The molecule has 0 radical (unpaired) electrons. The number of aliphatic hydroxyl groups is 1. The molecule has 18 heavy (non-hydrogen) atoms. The lowest BCUT2D eigenvalue weighted by molar-refractivity contribution is 0.281. The fourth-order valence-corrected chi connectivity index (χ4v) is 2.20. The van der Waals surface area contributed by atoms with Gasteiger partial charge in [-0.2, -0.15) is 0 Å². The fourth-order valence-electron chi connectivity index (χ4n) is 2.20. The van der Waals surface area contributed by atoms with Crippen LogP contribution in [-0.4, -0.2) is 17.7 Å². The van der Waals surface area contributed by atoms with Gasteiger partial charge in [-0.25, -0.2) is 4.39 Å². The minimum absolute atomic E-state index is 0.104. The quantitative estimate of drug-likeness (QED) is 0.838. The van der Waals surface area contributed by atoms with Crippen LogP contribution in [0.5, 0.6) is 0 Å². The summed E-state index contributed by atoms with van der Waals surface area (Å²) in [6, 6.07) is 5.45. The van der Waals surface area contributed by atoms with Crippen LogP contribution in [0.4, 0.5) is 10.1 Å². The molecule has 100 valence electrons. The fraction of sp³-hybridized carbons (Fsp3) is 0.600. The molecule has 1 aromatic carbocycles. The zero-order valence-corrected chi connectivity index (χ0v) is 11.2. The second kappa shape index (κ2) is 5.70. The molecule has 0 aromatic heterocycles. The Morgan fingerprint density at radius 1 is 1.33 bits per heavy atom. The van der Waals surface area contributed by atoms with Crippen molar-refractivity contribution in [2.24, 2.45) is 5.92 Å². The highest BCUT2D eigenvalue weighted by Crippen LogP contribution is 2.33. The molecule has 1 fully saturated rings. The first kappa shape index (κ1) is 13.3. The summed E-state index contributed by atoms with van der Waals surface area (Å²) >= 11 is 0. The lowest BCUT2D eigenvalue weighted by Gasteiger charge is -2.26. The summed E-state index contributed by atoms with van der Waals surface area (Å²) in [5, 5.41) is 9.16. The van der Waals surface area contributed by atoms with Crippen molar-refractivity contribution >= 4 is 5.69 Å². The maximum atomic E-state index is 13.5.